The second-order valence-corrected chi connectivity index (χ2v) is 6.18. The number of nitrogens with one attached hydrogen (secondary N) is 1. The zero-order chi connectivity index (χ0) is 16.8. The van der Waals surface area contributed by atoms with Gasteiger partial charge in [0, 0.05) is 0 Å². The van der Waals surface area contributed by atoms with Gasteiger partial charge in [0.1, 0.15) is 5.75 Å². The Morgan fingerprint density at radius 3 is 2.43 bits per heavy atom. The molecule has 0 aliphatic carbocycles. The van der Waals surface area contributed by atoms with Crippen molar-refractivity contribution in [3.05, 3.63) is 63.6 Å². The smallest absolute Gasteiger partial charge is 0.277 e. The predicted octanol–water partition coefficient (Wildman–Crippen LogP) is 3.99. The number of ether oxygens (including phenoxy) is 1. The summed E-state index contributed by atoms with van der Waals surface area (Å²) in [5.41, 5.74) is 6.52. The molecule has 0 radical (unpaired) electrons. The van der Waals surface area contributed by atoms with Crippen molar-refractivity contribution in [3.63, 3.8) is 0 Å². The fourth-order valence-electron chi connectivity index (χ4n) is 1.90. The number of benzene rings is 2. The first-order valence-corrected chi connectivity index (χ1v) is 8.04. The average Bonchev–Trinajstić information content (AvgIpc) is 2.52. The van der Waals surface area contributed by atoms with E-state index in [1.807, 2.05) is 63.2 Å². The molecule has 0 aliphatic rings. The van der Waals surface area contributed by atoms with E-state index in [4.69, 9.17) is 4.74 Å². The molecule has 1 amide bonds. The van der Waals surface area contributed by atoms with Gasteiger partial charge < -0.3 is 4.74 Å². The number of halogens is 1. The van der Waals surface area contributed by atoms with Crippen molar-refractivity contribution in [1.29, 1.82) is 0 Å². The van der Waals surface area contributed by atoms with Gasteiger partial charge in [0.2, 0.25) is 0 Å². The van der Waals surface area contributed by atoms with E-state index in [1.54, 1.807) is 0 Å². The molecule has 23 heavy (non-hydrogen) atoms. The summed E-state index contributed by atoms with van der Waals surface area (Å²) in [5.74, 6) is 0.328. The van der Waals surface area contributed by atoms with Crippen molar-refractivity contribution in [2.45, 2.75) is 20.8 Å². The maximum Gasteiger partial charge on any atom is 0.277 e. The van der Waals surface area contributed by atoms with E-state index in [0.717, 1.165) is 21.3 Å². The van der Waals surface area contributed by atoms with Gasteiger partial charge >= 0.3 is 0 Å². The number of carbonyl (C=O) groups excluding carboxylic acids is 1. The highest BCUT2D eigenvalue weighted by molar-refractivity contribution is 9.10. The molecule has 2 aromatic rings. The van der Waals surface area contributed by atoms with E-state index >= 15 is 0 Å². The van der Waals surface area contributed by atoms with Gasteiger partial charge in [-0.15, -0.1) is 0 Å². The first-order chi connectivity index (χ1) is 11.0. The van der Waals surface area contributed by atoms with Crippen molar-refractivity contribution in [2.75, 3.05) is 6.61 Å². The third-order valence-corrected chi connectivity index (χ3v) is 3.88. The van der Waals surface area contributed by atoms with E-state index in [9.17, 15) is 4.79 Å². The molecule has 2 aromatic carbocycles. The second-order valence-electron chi connectivity index (χ2n) is 5.32. The molecular formula is C18H19BrN2O2. The Kier molecular flexibility index (Phi) is 5.93. The zero-order valence-corrected chi connectivity index (χ0v) is 15.0. The van der Waals surface area contributed by atoms with Crippen LogP contribution in [-0.2, 0) is 4.79 Å². The number of amides is 1. The maximum atomic E-state index is 11.8. The lowest BCUT2D eigenvalue weighted by Gasteiger charge is -2.08. The minimum atomic E-state index is -0.302. The number of nitrogens with zero attached hydrogens (tertiary/aromatic N) is 1. The average molecular weight is 375 g/mol. The molecule has 1 N–H and O–H groups in total. The second kappa shape index (κ2) is 7.92. The normalized spacial score (nSPS) is 11.2. The lowest BCUT2D eigenvalue weighted by molar-refractivity contribution is -0.123. The largest absolute Gasteiger partial charge is 0.483 e. The summed E-state index contributed by atoms with van der Waals surface area (Å²) in [7, 11) is 0. The van der Waals surface area contributed by atoms with Gasteiger partial charge in [-0.3, -0.25) is 4.79 Å². The van der Waals surface area contributed by atoms with Crippen LogP contribution in [0.2, 0.25) is 0 Å². The molecule has 0 unspecified atom stereocenters. The Balaban J connectivity index is 1.89. The van der Waals surface area contributed by atoms with Crippen LogP contribution in [0.25, 0.3) is 0 Å². The summed E-state index contributed by atoms with van der Waals surface area (Å²) >= 11 is 3.41. The first-order valence-electron chi connectivity index (χ1n) is 7.25. The fraction of sp³-hybridized carbons (Fsp3) is 0.222. The number of rotatable bonds is 5. The van der Waals surface area contributed by atoms with Crippen molar-refractivity contribution < 1.29 is 9.53 Å². The van der Waals surface area contributed by atoms with E-state index in [-0.39, 0.29) is 12.5 Å². The highest BCUT2D eigenvalue weighted by Crippen LogP contribution is 2.25. The summed E-state index contributed by atoms with van der Waals surface area (Å²) in [5, 5.41) is 4.10. The monoisotopic (exact) mass is 374 g/mol. The summed E-state index contributed by atoms with van der Waals surface area (Å²) in [4.78, 5) is 11.8. The Hall–Kier alpha value is -2.14. The minimum Gasteiger partial charge on any atom is -0.483 e. The number of hydrogen-bond donors (Lipinski definition) is 1. The first kappa shape index (κ1) is 17.2. The molecule has 0 bridgehead atoms. The van der Waals surface area contributed by atoms with Gasteiger partial charge in [-0.2, -0.15) is 5.10 Å². The lowest BCUT2D eigenvalue weighted by Crippen LogP contribution is -2.25. The van der Waals surface area contributed by atoms with Gasteiger partial charge in [0.05, 0.1) is 10.2 Å². The molecule has 5 heteroatoms. The van der Waals surface area contributed by atoms with Gasteiger partial charge in [0.15, 0.2) is 6.61 Å². The number of hydrazone groups is 1. The fourth-order valence-corrected chi connectivity index (χ4v) is 2.51. The molecule has 0 aromatic heterocycles. The number of hydrogen-bond acceptors (Lipinski definition) is 3. The van der Waals surface area contributed by atoms with E-state index in [2.05, 4.69) is 26.5 Å². The van der Waals surface area contributed by atoms with Crippen LogP contribution in [-0.4, -0.2) is 18.2 Å². The van der Waals surface area contributed by atoms with Crippen molar-refractivity contribution in [1.82, 2.24) is 5.43 Å². The quantitative estimate of drug-likeness (QED) is 0.635. The van der Waals surface area contributed by atoms with Gasteiger partial charge in [-0.05, 0) is 60.0 Å². The summed E-state index contributed by atoms with van der Waals surface area (Å²) in [6.45, 7) is 5.77. The Morgan fingerprint density at radius 1 is 1.13 bits per heavy atom. The summed E-state index contributed by atoms with van der Waals surface area (Å²) in [6.07, 6.45) is 0. The Labute approximate surface area is 144 Å². The van der Waals surface area contributed by atoms with Crippen molar-refractivity contribution in [2.24, 2.45) is 5.10 Å². The molecule has 0 atom stereocenters. The molecule has 4 nitrogen and oxygen atoms in total. The highest BCUT2D eigenvalue weighted by Gasteiger charge is 2.06. The van der Waals surface area contributed by atoms with E-state index < -0.39 is 0 Å². The maximum absolute atomic E-state index is 11.8. The minimum absolute atomic E-state index is 0.0909. The molecule has 2 rings (SSSR count). The van der Waals surface area contributed by atoms with Crippen LogP contribution >= 0.6 is 15.9 Å². The molecule has 0 saturated carbocycles. The third kappa shape index (κ3) is 5.21. The van der Waals surface area contributed by atoms with Gasteiger partial charge in [-0.1, -0.05) is 35.9 Å². The number of carbonyl (C=O) groups is 1. The molecule has 0 fully saturated rings. The van der Waals surface area contributed by atoms with Crippen LogP contribution in [0.4, 0.5) is 0 Å². The molecule has 0 saturated heterocycles. The zero-order valence-electron chi connectivity index (χ0n) is 13.4. The molecule has 0 spiro atoms. The standard InChI is InChI=1S/C18H19BrN2O2/c1-12-4-7-15(8-5-12)14(3)20-21-18(22)11-23-17-9-6-13(2)10-16(17)19/h4-10H,11H2,1-3H3,(H,21,22)/b20-14+. The van der Waals surface area contributed by atoms with Crippen molar-refractivity contribution in [3.8, 4) is 5.75 Å². The van der Waals surface area contributed by atoms with Gasteiger partial charge in [0.25, 0.3) is 5.91 Å². The van der Waals surface area contributed by atoms with Crippen molar-refractivity contribution >= 4 is 27.5 Å². The molecule has 0 aliphatic heterocycles. The third-order valence-electron chi connectivity index (χ3n) is 3.26. The van der Waals surface area contributed by atoms with E-state index in [1.165, 1.54) is 5.56 Å². The van der Waals surface area contributed by atoms with Crippen LogP contribution in [0.3, 0.4) is 0 Å². The van der Waals surface area contributed by atoms with E-state index in [0.29, 0.717) is 5.75 Å². The summed E-state index contributed by atoms with van der Waals surface area (Å²) < 4.78 is 6.30. The topological polar surface area (TPSA) is 50.7 Å². The van der Waals surface area contributed by atoms with Crippen LogP contribution in [0.1, 0.15) is 23.6 Å². The lowest BCUT2D eigenvalue weighted by atomic mass is 10.1. The van der Waals surface area contributed by atoms with Crippen LogP contribution < -0.4 is 10.2 Å². The number of aryl methyl sites for hydroxylation is 2. The molecule has 120 valence electrons. The summed E-state index contributed by atoms with van der Waals surface area (Å²) in [6, 6.07) is 13.7. The van der Waals surface area contributed by atoms with Crippen LogP contribution in [0.15, 0.2) is 52.0 Å². The molecule has 0 heterocycles. The van der Waals surface area contributed by atoms with Crippen LogP contribution in [0.5, 0.6) is 5.75 Å². The Morgan fingerprint density at radius 2 is 1.78 bits per heavy atom. The van der Waals surface area contributed by atoms with Gasteiger partial charge in [-0.25, -0.2) is 5.43 Å². The Bertz CT molecular complexity index is 724. The van der Waals surface area contributed by atoms with Crippen LogP contribution in [0, 0.1) is 13.8 Å². The SMILES string of the molecule is C/C(=N\NC(=O)COc1ccc(C)cc1Br)c1ccc(C)cc1. The highest BCUT2D eigenvalue weighted by atomic mass is 79.9. The molecular weight excluding hydrogens is 356 g/mol. The predicted molar refractivity (Wildman–Crippen MR) is 95.9 cm³/mol.